The van der Waals surface area contributed by atoms with E-state index in [9.17, 15) is 25.5 Å². The maximum absolute atomic E-state index is 10.2. The second-order valence-corrected chi connectivity index (χ2v) is 45.5. The van der Waals surface area contributed by atoms with Crippen LogP contribution in [0, 0.1) is 42.1 Å². The third-order valence-electron chi connectivity index (χ3n) is 25.6. The average Bonchev–Trinajstić information content (AvgIpc) is 1.76. The first-order valence-electron chi connectivity index (χ1n) is 42.9. The molecule has 0 amide bonds. The van der Waals surface area contributed by atoms with Crippen molar-refractivity contribution in [1.82, 2.24) is 75.9 Å². The Balaban J connectivity index is 0.000000100. The fourth-order valence-electron chi connectivity index (χ4n) is 19.6. The number of H-pyrrole nitrogens is 5. The number of aryl methyl sites for hydroxylation is 5. The van der Waals surface area contributed by atoms with Gasteiger partial charge in [0, 0.05) is 98.7 Å². The van der Waals surface area contributed by atoms with E-state index in [1.807, 2.05) is 121 Å². The summed E-state index contributed by atoms with van der Waals surface area (Å²) in [6.07, 6.45) is 20.8. The molecule has 3 aliphatic carbocycles. The SMILES string of the molecule is Cc1[nH]nc2ccc3nc(-c4cc(I)c(O)c(I)c4)c4c(c3c12)CCCC4.Oc1c(Br)cc(-c2nc3ccc4[nH]ncc4c3c3c2CCCC3)cc1Br.Oc1c(I)cc(-c2nc3ccc4[nH]ncc4c3c3c2COCC3)cc1I.Oc1c(I)cc(-c2nc3ccc4[nH]ncc4c3c3c2CSCC3)cc1I.[C-]#[N+]c1[nH]nc2ccc3nc(-c4cc(I)c(O)c(I)c4)c4c(c3c12)CCCC4. The lowest BCUT2D eigenvalue weighted by molar-refractivity contribution is 0.111. The molecule has 0 radical (unpaired) electrons. The van der Waals surface area contributed by atoms with Crippen molar-refractivity contribution in [2.75, 3.05) is 12.4 Å². The van der Waals surface area contributed by atoms with Crippen molar-refractivity contribution < 1.29 is 30.3 Å². The van der Waals surface area contributed by atoms with Crippen molar-refractivity contribution in [2.45, 2.75) is 109 Å². The third kappa shape index (κ3) is 17.0. The van der Waals surface area contributed by atoms with E-state index in [0.29, 0.717) is 51.0 Å². The number of aromatic hydroxyl groups is 5. The molecule has 12 heterocycles. The van der Waals surface area contributed by atoms with Crippen molar-refractivity contribution >= 4 is 339 Å². The van der Waals surface area contributed by atoms with E-state index in [4.69, 9.17) is 36.2 Å². The second kappa shape index (κ2) is 38.2. The van der Waals surface area contributed by atoms with E-state index < -0.39 is 0 Å². The molecule has 0 spiro atoms. The van der Waals surface area contributed by atoms with E-state index in [0.717, 1.165) is 254 Å². The number of nitrogens with zero attached hydrogens (tertiary/aromatic N) is 11. The Bertz CT molecular complexity index is 7790. The highest BCUT2D eigenvalue weighted by Crippen LogP contribution is 2.49. The zero-order valence-corrected chi connectivity index (χ0v) is 91.5. The fraction of sp³-hybridized carbons (Fsp3) is 0.190. The number of benzene rings is 10. The Hall–Kier alpha value is -7.80. The number of hydrogen-bond donors (Lipinski definition) is 10. The first-order valence-corrected chi connectivity index (χ1v) is 54.3. The maximum Gasteiger partial charge on any atom is 0.258 e. The van der Waals surface area contributed by atoms with Crippen LogP contribution >= 0.6 is 224 Å². The molecule has 0 fully saturated rings. The van der Waals surface area contributed by atoms with Gasteiger partial charge in [-0.15, -0.1) is 5.10 Å². The van der Waals surface area contributed by atoms with Gasteiger partial charge in [0.15, 0.2) is 0 Å². The molecule has 0 unspecified atom stereocenters. The molecule has 0 saturated heterocycles. The zero-order chi connectivity index (χ0) is 91.6. The molecule has 10 aromatic carbocycles. The van der Waals surface area contributed by atoms with Gasteiger partial charge in [0.25, 0.3) is 5.82 Å². The number of aromatic nitrogens is 15. The Morgan fingerprint density at radius 1 is 0.346 bits per heavy atom. The smallest absolute Gasteiger partial charge is 0.258 e. The maximum atomic E-state index is 10.2. The van der Waals surface area contributed by atoms with Gasteiger partial charge < -0.3 is 35.1 Å². The van der Waals surface area contributed by atoms with Crippen LogP contribution in [0.25, 0.3) is 170 Å². The van der Waals surface area contributed by atoms with Gasteiger partial charge in [-0.3, -0.25) is 20.4 Å². The molecule has 33 heteroatoms. The first kappa shape index (κ1) is 91.6. The number of pyridine rings is 5. The van der Waals surface area contributed by atoms with E-state index in [1.54, 1.807) is 0 Å². The summed E-state index contributed by atoms with van der Waals surface area (Å²) >= 11 is 26.3. The van der Waals surface area contributed by atoms with Crippen molar-refractivity contribution in [3.8, 4) is 85.0 Å². The Morgan fingerprint density at radius 3 is 1.07 bits per heavy atom. The lowest BCUT2D eigenvalue weighted by Gasteiger charge is -2.22. The number of aromatic amines is 5. The van der Waals surface area contributed by atoms with E-state index in [2.05, 4.69) is 306 Å². The molecule has 10 aromatic heterocycles. The zero-order valence-electron chi connectivity index (χ0n) is 70.3. The largest absolute Gasteiger partial charge is 0.506 e. The van der Waals surface area contributed by atoms with Crippen molar-refractivity contribution in [2.24, 2.45) is 0 Å². The first-order chi connectivity index (χ1) is 64.5. The van der Waals surface area contributed by atoms with Gasteiger partial charge in [-0.25, -0.2) is 30.0 Å². The summed E-state index contributed by atoms with van der Waals surface area (Å²) in [6.45, 7) is 10.9. The molecule has 22 nitrogen and oxygen atoms in total. The standard InChI is InChI=1S/C21H14I2N4O.C21H17I2N3O.C20H15Br2N3O.C19H13I2N3O2.C19H13I2N3OS/c1-24-21-18-16(26-27-21)7-6-15-17(18)11-4-2-3-5-12(11)19(25-15)10-8-13(22)20(28)14(23)9-10;1-10-18-17(26-25-10)7-6-16-19(18)12-4-2-3-5-13(12)20(24-16)11-8-14(22)21(27)15(23)9-11;21-14-7-10(8-15(22)20(14)26)19-12-4-2-1-3-11(12)18-13-9-23-25-16(13)5-6-17(18)24-19;2*20-13-5-9(6-14(21)19(13)25)18-12-8-26-4-3-10(12)17-11-7-22-24-15(11)1-2-16(17)23-18/h6-9,28H,2-5H2,(H,26,27);6-9,27H,2-5H2,1H3,(H,25,26);5-9,26H,1-4H2,(H,23,25);2*1-2,5-7,25H,3-4,8H2,(H,22,24). The summed E-state index contributed by atoms with van der Waals surface area (Å²) in [5.41, 5.74) is 34.4. The topological polar surface area (TPSA) is 323 Å². The van der Waals surface area contributed by atoms with Gasteiger partial charge in [0.05, 0.1) is 147 Å². The van der Waals surface area contributed by atoms with Crippen LogP contribution in [0.5, 0.6) is 28.7 Å². The van der Waals surface area contributed by atoms with Gasteiger partial charge >= 0.3 is 0 Å². The lowest BCUT2D eigenvalue weighted by atomic mass is 9.85. The summed E-state index contributed by atoms with van der Waals surface area (Å²) in [5.74, 6) is 4.13. The van der Waals surface area contributed by atoms with Crippen LogP contribution in [0.1, 0.15) is 99.9 Å². The predicted molar refractivity (Wildman–Crippen MR) is 604 cm³/mol. The average molecular weight is 2800 g/mol. The van der Waals surface area contributed by atoms with Crippen LogP contribution in [0.2, 0.25) is 0 Å². The van der Waals surface area contributed by atoms with Crippen LogP contribution < -0.4 is 0 Å². The van der Waals surface area contributed by atoms with Crippen LogP contribution in [0.15, 0.2) is 149 Å². The van der Waals surface area contributed by atoms with Gasteiger partial charge in [-0.2, -0.15) is 32.2 Å². The molecule has 2 aliphatic heterocycles. The molecule has 0 saturated carbocycles. The predicted octanol–water partition coefficient (Wildman–Crippen LogP) is 28.1. The fourth-order valence-corrected chi connectivity index (χ4v) is 28.8. The number of phenolic OH excluding ortho intramolecular Hbond substituents is 5. The van der Waals surface area contributed by atoms with Crippen LogP contribution in [-0.2, 0) is 68.5 Å². The summed E-state index contributed by atoms with van der Waals surface area (Å²) < 4.78 is 13.8. The Labute approximate surface area is 890 Å². The molecule has 0 bridgehead atoms. The van der Waals surface area contributed by atoms with Gasteiger partial charge in [-0.05, 0) is 487 Å². The van der Waals surface area contributed by atoms with E-state index in [1.165, 1.54) is 103 Å². The minimum Gasteiger partial charge on any atom is -0.506 e. The number of fused-ring (bicyclic) bond motifs is 25. The second-order valence-electron chi connectivity index (χ2n) is 33.4. The molecule has 20 aromatic rings. The Kier molecular flexibility index (Phi) is 26.3. The van der Waals surface area contributed by atoms with Crippen LogP contribution in [0.4, 0.5) is 5.82 Å². The minimum atomic E-state index is 0.212. The van der Waals surface area contributed by atoms with E-state index >= 15 is 0 Å². The molecule has 10 N–H and O–H groups in total. The molecule has 0 atom stereocenters. The van der Waals surface area contributed by atoms with Gasteiger partial charge in [0.1, 0.15) is 34.3 Å². The summed E-state index contributed by atoms with van der Waals surface area (Å²) in [4.78, 5) is 28.9. The van der Waals surface area contributed by atoms with E-state index in [-0.39, 0.29) is 5.75 Å². The van der Waals surface area contributed by atoms with Crippen molar-refractivity contribution in [1.29, 1.82) is 0 Å². The molecular formula is C100H72Br2I8N16O6S. The monoisotopic (exact) mass is 2800 g/mol. The highest BCUT2D eigenvalue weighted by atomic mass is 127. The molecule has 5 aliphatic rings. The van der Waals surface area contributed by atoms with Gasteiger partial charge in [0.2, 0.25) is 0 Å². The summed E-state index contributed by atoms with van der Waals surface area (Å²) in [7, 11) is 0. The molecule has 133 heavy (non-hydrogen) atoms. The van der Waals surface area contributed by atoms with Crippen LogP contribution in [0.3, 0.4) is 0 Å². The molecule has 25 rings (SSSR count). The normalized spacial score (nSPS) is 14.0. The minimum absolute atomic E-state index is 0.212. The Morgan fingerprint density at radius 2 is 0.662 bits per heavy atom. The quantitative estimate of drug-likeness (QED) is 0.0565. The third-order valence-corrected chi connectivity index (χ3v) is 34.4. The summed E-state index contributed by atoms with van der Waals surface area (Å²) in [6, 6.07) is 40.4. The molecular weight excluding hydrogens is 2730 g/mol. The summed E-state index contributed by atoms with van der Waals surface area (Å²) in [5, 5.41) is 98.7. The highest BCUT2D eigenvalue weighted by molar-refractivity contribution is 14.1. The van der Waals surface area contributed by atoms with Crippen LogP contribution in [-0.4, -0.2) is 114 Å². The number of rotatable bonds is 5. The van der Waals surface area contributed by atoms with Crippen molar-refractivity contribution in [3.63, 3.8) is 0 Å². The number of phenols is 5. The number of thioether (sulfide) groups is 1. The number of hydrogen-bond acceptors (Lipinski definition) is 17. The number of ether oxygens (including phenoxy) is 1. The highest BCUT2D eigenvalue weighted by Gasteiger charge is 2.31. The van der Waals surface area contributed by atoms with Gasteiger partial charge in [-0.1, -0.05) is 6.57 Å². The number of halogens is 10. The molecule has 664 valence electrons. The van der Waals surface area contributed by atoms with Crippen molar-refractivity contribution in [3.05, 3.63) is 250 Å². The number of nitrogens with one attached hydrogen (secondary N) is 5. The lowest BCUT2D eigenvalue weighted by Crippen LogP contribution is -2.13.